The summed E-state index contributed by atoms with van der Waals surface area (Å²) in [6, 6.07) is 10.8. The molecule has 0 amide bonds. The molecule has 1 aromatic carbocycles. The van der Waals surface area contributed by atoms with E-state index in [4.69, 9.17) is 0 Å². The van der Waals surface area contributed by atoms with Crippen molar-refractivity contribution in [2.45, 2.75) is 38.3 Å². The van der Waals surface area contributed by atoms with Crippen molar-refractivity contribution in [3.63, 3.8) is 0 Å². The van der Waals surface area contributed by atoms with E-state index in [1.165, 1.54) is 12.0 Å². The van der Waals surface area contributed by atoms with Crippen LogP contribution in [0.15, 0.2) is 30.3 Å². The average molecular weight is 302 g/mol. The van der Waals surface area contributed by atoms with E-state index in [1.807, 2.05) is 0 Å². The average Bonchev–Trinajstić information content (AvgIpc) is 2.56. The second-order valence-corrected chi connectivity index (χ2v) is 6.59. The Hall–Kier alpha value is -1.39. The molecule has 120 valence electrons. The molecule has 0 bridgehead atoms. The molecule has 22 heavy (non-hydrogen) atoms. The molecule has 1 saturated heterocycles. The maximum atomic E-state index is 11.5. The normalized spacial score (nSPS) is 27.6. The Morgan fingerprint density at radius 3 is 2.41 bits per heavy atom. The lowest BCUT2D eigenvalue weighted by atomic mass is 9.83. The summed E-state index contributed by atoms with van der Waals surface area (Å²) in [4.78, 5) is 16.4. The summed E-state index contributed by atoms with van der Waals surface area (Å²) in [6.45, 7) is 5.08. The van der Waals surface area contributed by atoms with Crippen molar-refractivity contribution < 1.29 is 9.90 Å². The van der Waals surface area contributed by atoms with Crippen LogP contribution in [0.3, 0.4) is 0 Å². The largest absolute Gasteiger partial charge is 0.481 e. The number of hydrogen-bond acceptors (Lipinski definition) is 3. The van der Waals surface area contributed by atoms with Crippen LogP contribution in [0.2, 0.25) is 0 Å². The zero-order valence-corrected chi connectivity index (χ0v) is 13.2. The minimum atomic E-state index is -0.601. The van der Waals surface area contributed by atoms with Crippen molar-refractivity contribution in [2.24, 2.45) is 5.92 Å². The zero-order chi connectivity index (χ0) is 15.4. The fourth-order valence-corrected chi connectivity index (χ4v) is 3.93. The zero-order valence-electron chi connectivity index (χ0n) is 13.2. The summed E-state index contributed by atoms with van der Waals surface area (Å²) in [6.07, 6.45) is 4.15. The van der Waals surface area contributed by atoms with Crippen LogP contribution in [0.4, 0.5) is 0 Å². The first-order valence-electron chi connectivity index (χ1n) is 8.47. The number of benzene rings is 1. The topological polar surface area (TPSA) is 43.8 Å². The van der Waals surface area contributed by atoms with E-state index in [0.29, 0.717) is 0 Å². The van der Waals surface area contributed by atoms with Gasteiger partial charge in [-0.05, 0) is 18.4 Å². The number of piperazine rings is 1. The number of carboxylic acids is 1. The number of rotatable bonds is 4. The number of aliphatic carboxylic acids is 1. The number of hydrogen-bond donors (Lipinski definition) is 1. The Labute approximate surface area is 132 Å². The van der Waals surface area contributed by atoms with Gasteiger partial charge in [-0.25, -0.2) is 0 Å². The molecule has 4 heteroatoms. The molecule has 1 heterocycles. The highest BCUT2D eigenvalue weighted by atomic mass is 16.4. The van der Waals surface area contributed by atoms with Crippen molar-refractivity contribution >= 4 is 5.97 Å². The highest BCUT2D eigenvalue weighted by Gasteiger charge is 2.35. The van der Waals surface area contributed by atoms with Crippen LogP contribution >= 0.6 is 0 Å². The molecule has 2 atom stereocenters. The van der Waals surface area contributed by atoms with Gasteiger partial charge in [-0.2, -0.15) is 0 Å². The van der Waals surface area contributed by atoms with Gasteiger partial charge in [0.25, 0.3) is 0 Å². The van der Waals surface area contributed by atoms with Gasteiger partial charge in [-0.1, -0.05) is 43.2 Å². The van der Waals surface area contributed by atoms with Gasteiger partial charge in [0.1, 0.15) is 0 Å². The second kappa shape index (κ2) is 7.25. The Morgan fingerprint density at radius 1 is 1.05 bits per heavy atom. The maximum absolute atomic E-state index is 11.5. The Bertz CT molecular complexity index is 483. The van der Waals surface area contributed by atoms with Gasteiger partial charge in [0.05, 0.1) is 5.92 Å². The standard InChI is InChI=1S/C18H26N2O2/c21-18(22)16-8-4-5-9-17(16)20-12-10-19(11-13-20)14-15-6-2-1-3-7-15/h1-3,6-7,16-17H,4-5,8-14H2,(H,21,22)/t16?,17-/m1/s1. The minimum Gasteiger partial charge on any atom is -0.481 e. The molecule has 2 aliphatic rings. The minimum absolute atomic E-state index is 0.158. The fourth-order valence-electron chi connectivity index (χ4n) is 3.93. The lowest BCUT2D eigenvalue weighted by Crippen LogP contribution is -2.53. The van der Waals surface area contributed by atoms with Gasteiger partial charge in [-0.3, -0.25) is 14.6 Å². The van der Waals surface area contributed by atoms with Gasteiger partial charge < -0.3 is 5.11 Å². The van der Waals surface area contributed by atoms with Gasteiger partial charge in [0, 0.05) is 38.8 Å². The highest BCUT2D eigenvalue weighted by Crippen LogP contribution is 2.29. The first kappa shape index (κ1) is 15.5. The van der Waals surface area contributed by atoms with E-state index in [9.17, 15) is 9.90 Å². The number of carbonyl (C=O) groups is 1. The molecule has 1 saturated carbocycles. The predicted octanol–water partition coefficient (Wildman–Crippen LogP) is 2.45. The van der Waals surface area contributed by atoms with E-state index in [0.717, 1.165) is 52.0 Å². The Balaban J connectivity index is 1.53. The molecule has 1 unspecified atom stereocenters. The molecule has 4 nitrogen and oxygen atoms in total. The van der Waals surface area contributed by atoms with E-state index < -0.39 is 5.97 Å². The number of carboxylic acid groups (broad SMARTS) is 1. The monoisotopic (exact) mass is 302 g/mol. The molecule has 0 aromatic heterocycles. The summed E-state index contributed by atoms with van der Waals surface area (Å²) in [5, 5.41) is 9.45. The van der Waals surface area contributed by atoms with E-state index in [1.54, 1.807) is 0 Å². The lowest BCUT2D eigenvalue weighted by Gasteiger charge is -2.43. The van der Waals surface area contributed by atoms with Gasteiger partial charge in [-0.15, -0.1) is 0 Å². The summed E-state index contributed by atoms with van der Waals surface area (Å²) in [5.41, 5.74) is 1.36. The highest BCUT2D eigenvalue weighted by molar-refractivity contribution is 5.71. The predicted molar refractivity (Wildman–Crippen MR) is 86.7 cm³/mol. The first-order valence-corrected chi connectivity index (χ1v) is 8.47. The second-order valence-electron chi connectivity index (χ2n) is 6.59. The third-order valence-corrected chi connectivity index (χ3v) is 5.17. The fraction of sp³-hybridized carbons (Fsp3) is 0.611. The Morgan fingerprint density at radius 2 is 1.73 bits per heavy atom. The van der Waals surface area contributed by atoms with Crippen molar-refractivity contribution in [3.8, 4) is 0 Å². The number of nitrogens with zero attached hydrogens (tertiary/aromatic N) is 2. The van der Waals surface area contributed by atoms with Crippen molar-refractivity contribution in [1.82, 2.24) is 9.80 Å². The van der Waals surface area contributed by atoms with Crippen LogP contribution in [0.1, 0.15) is 31.2 Å². The van der Waals surface area contributed by atoms with Gasteiger partial charge >= 0.3 is 5.97 Å². The molecular weight excluding hydrogens is 276 g/mol. The molecule has 1 aliphatic heterocycles. The summed E-state index contributed by atoms with van der Waals surface area (Å²) in [7, 11) is 0. The van der Waals surface area contributed by atoms with Crippen LogP contribution in [0.25, 0.3) is 0 Å². The van der Waals surface area contributed by atoms with E-state index in [2.05, 4.69) is 40.1 Å². The first-order chi connectivity index (χ1) is 10.7. The molecule has 1 aromatic rings. The third kappa shape index (κ3) is 3.68. The van der Waals surface area contributed by atoms with Crippen LogP contribution in [0, 0.1) is 5.92 Å². The SMILES string of the molecule is O=C(O)C1CCCC[C@H]1N1CCN(Cc2ccccc2)CC1. The molecule has 2 fully saturated rings. The maximum Gasteiger partial charge on any atom is 0.308 e. The Kier molecular flexibility index (Phi) is 5.11. The molecule has 0 radical (unpaired) electrons. The smallest absolute Gasteiger partial charge is 0.308 e. The summed E-state index contributed by atoms with van der Waals surface area (Å²) >= 11 is 0. The van der Waals surface area contributed by atoms with Crippen LogP contribution in [-0.2, 0) is 11.3 Å². The van der Waals surface area contributed by atoms with Crippen molar-refractivity contribution in [3.05, 3.63) is 35.9 Å². The quantitative estimate of drug-likeness (QED) is 0.928. The molecule has 3 rings (SSSR count). The lowest BCUT2D eigenvalue weighted by molar-refractivity contribution is -0.146. The third-order valence-electron chi connectivity index (χ3n) is 5.17. The van der Waals surface area contributed by atoms with Crippen molar-refractivity contribution in [2.75, 3.05) is 26.2 Å². The van der Waals surface area contributed by atoms with Crippen LogP contribution in [0.5, 0.6) is 0 Å². The molecule has 0 spiro atoms. The molecule has 1 N–H and O–H groups in total. The molecule has 1 aliphatic carbocycles. The summed E-state index contributed by atoms with van der Waals surface area (Å²) in [5.74, 6) is -0.758. The van der Waals surface area contributed by atoms with Gasteiger partial charge in [0.2, 0.25) is 0 Å². The van der Waals surface area contributed by atoms with Crippen LogP contribution in [-0.4, -0.2) is 53.1 Å². The summed E-state index contributed by atoms with van der Waals surface area (Å²) < 4.78 is 0. The van der Waals surface area contributed by atoms with Gasteiger partial charge in [0.15, 0.2) is 0 Å². The van der Waals surface area contributed by atoms with Crippen LogP contribution < -0.4 is 0 Å². The molecular formula is C18H26N2O2. The van der Waals surface area contributed by atoms with Crippen molar-refractivity contribution in [1.29, 1.82) is 0 Å². The van der Waals surface area contributed by atoms with E-state index in [-0.39, 0.29) is 12.0 Å². The van der Waals surface area contributed by atoms with E-state index >= 15 is 0 Å².